The second-order valence-corrected chi connectivity index (χ2v) is 8.45. The predicted octanol–water partition coefficient (Wildman–Crippen LogP) is 4.15. The molecule has 0 saturated heterocycles. The summed E-state index contributed by atoms with van der Waals surface area (Å²) < 4.78 is 1.66. The van der Waals surface area contributed by atoms with Crippen LogP contribution in [0, 0.1) is 13.8 Å². The molecule has 0 fully saturated rings. The van der Waals surface area contributed by atoms with Crippen LogP contribution in [-0.2, 0) is 16.6 Å². The number of para-hydroxylation sites is 1. The van der Waals surface area contributed by atoms with Crippen LogP contribution in [-0.4, -0.2) is 32.5 Å². The van der Waals surface area contributed by atoms with Crippen LogP contribution < -0.4 is 10.2 Å². The molecule has 0 unspecified atom stereocenters. The van der Waals surface area contributed by atoms with Crippen LogP contribution >= 0.6 is 11.8 Å². The molecule has 2 amide bonds. The van der Waals surface area contributed by atoms with Gasteiger partial charge in [-0.15, -0.1) is 0 Å². The van der Waals surface area contributed by atoms with Gasteiger partial charge in [0.1, 0.15) is 5.70 Å². The van der Waals surface area contributed by atoms with Crippen LogP contribution in [0.1, 0.15) is 16.7 Å². The van der Waals surface area contributed by atoms with Gasteiger partial charge in [-0.05, 0) is 49.2 Å². The third-order valence-electron chi connectivity index (χ3n) is 4.87. The van der Waals surface area contributed by atoms with Crippen molar-refractivity contribution in [2.24, 2.45) is 12.0 Å². The molecule has 0 bridgehead atoms. The fourth-order valence-electron chi connectivity index (χ4n) is 3.26. The average Bonchev–Trinajstić information content (AvgIpc) is 3.32. The molecule has 0 saturated carbocycles. The van der Waals surface area contributed by atoms with E-state index in [1.165, 1.54) is 16.7 Å². The minimum atomic E-state index is -0.238. The third-order valence-corrected chi connectivity index (χ3v) is 5.81. The first-order valence-electron chi connectivity index (χ1n) is 10.1. The number of aryl methyl sites for hydroxylation is 3. The maximum absolute atomic E-state index is 13.1. The van der Waals surface area contributed by atoms with E-state index in [4.69, 9.17) is 0 Å². The summed E-state index contributed by atoms with van der Waals surface area (Å²) in [4.78, 5) is 31.8. The quantitative estimate of drug-likeness (QED) is 0.599. The zero-order valence-corrected chi connectivity index (χ0v) is 18.9. The first-order valence-corrected chi connectivity index (χ1v) is 11.1. The number of rotatable bonds is 5. The molecule has 162 valence electrons. The van der Waals surface area contributed by atoms with Crippen LogP contribution in [0.3, 0.4) is 0 Å². The fourth-order valence-corrected chi connectivity index (χ4v) is 4.07. The lowest BCUT2D eigenvalue weighted by molar-refractivity contribution is -0.114. The van der Waals surface area contributed by atoms with Gasteiger partial charge in [-0.1, -0.05) is 42.1 Å². The van der Waals surface area contributed by atoms with E-state index in [1.54, 1.807) is 17.0 Å². The number of aromatic nitrogens is 2. The molecule has 0 spiro atoms. The van der Waals surface area contributed by atoms with Crippen molar-refractivity contribution >= 4 is 46.2 Å². The fraction of sp³-hybridized carbons (Fsp3) is 0.167. The highest BCUT2D eigenvalue weighted by Gasteiger charge is 2.32. The molecule has 1 N–H and O–H groups in total. The molecule has 8 heteroatoms. The highest BCUT2D eigenvalue weighted by Crippen LogP contribution is 2.29. The summed E-state index contributed by atoms with van der Waals surface area (Å²) in [5.74, 6) is -0.266. The molecule has 0 radical (unpaired) electrons. The first kappa shape index (κ1) is 21.6. The number of thioether (sulfide) groups is 1. The molecule has 1 aliphatic heterocycles. The summed E-state index contributed by atoms with van der Waals surface area (Å²) in [6.45, 7) is 3.94. The third kappa shape index (κ3) is 4.81. The lowest BCUT2D eigenvalue weighted by Gasteiger charge is -2.17. The maximum Gasteiger partial charge on any atom is 0.283 e. The largest absolute Gasteiger partial charge is 0.325 e. The lowest BCUT2D eigenvalue weighted by atomic mass is 10.1. The van der Waals surface area contributed by atoms with Crippen LogP contribution in [0.5, 0.6) is 0 Å². The van der Waals surface area contributed by atoms with Gasteiger partial charge in [-0.25, -0.2) is 4.99 Å². The van der Waals surface area contributed by atoms with E-state index in [0.29, 0.717) is 16.6 Å². The van der Waals surface area contributed by atoms with Gasteiger partial charge in [0.15, 0.2) is 5.17 Å². The van der Waals surface area contributed by atoms with Gasteiger partial charge in [0.05, 0.1) is 17.6 Å². The number of aliphatic imine (C=N–C) groups is 1. The van der Waals surface area contributed by atoms with Crippen molar-refractivity contribution in [2.75, 3.05) is 16.0 Å². The summed E-state index contributed by atoms with van der Waals surface area (Å²) in [5, 5.41) is 7.55. The molecule has 4 rings (SSSR count). The number of benzene rings is 2. The zero-order chi connectivity index (χ0) is 22.7. The number of hydrogen-bond donors (Lipinski definition) is 1. The minimum absolute atomic E-state index is 0.128. The van der Waals surface area contributed by atoms with Crippen LogP contribution in [0.4, 0.5) is 11.4 Å². The molecule has 0 aliphatic carbocycles. The van der Waals surface area contributed by atoms with E-state index in [0.717, 1.165) is 22.4 Å². The monoisotopic (exact) mass is 445 g/mol. The lowest BCUT2D eigenvalue weighted by Crippen LogP contribution is -2.31. The average molecular weight is 446 g/mol. The van der Waals surface area contributed by atoms with Crippen LogP contribution in [0.15, 0.2) is 71.6 Å². The van der Waals surface area contributed by atoms with Crippen molar-refractivity contribution in [3.05, 3.63) is 83.3 Å². The number of nitrogens with one attached hydrogen (secondary N) is 1. The van der Waals surface area contributed by atoms with E-state index < -0.39 is 0 Å². The molecular formula is C24H23N5O2S. The Bertz CT molecular complexity index is 1230. The molecule has 3 aromatic rings. The van der Waals surface area contributed by atoms with Gasteiger partial charge >= 0.3 is 0 Å². The van der Waals surface area contributed by atoms with Gasteiger partial charge in [-0.2, -0.15) is 5.10 Å². The Balaban J connectivity index is 1.55. The van der Waals surface area contributed by atoms with Crippen LogP contribution in [0.2, 0.25) is 0 Å². The number of carbonyl (C=O) groups excluding carboxylic acids is 2. The van der Waals surface area contributed by atoms with Gasteiger partial charge < -0.3 is 5.32 Å². The Labute approximate surface area is 190 Å². The van der Waals surface area contributed by atoms with Crippen molar-refractivity contribution in [3.63, 3.8) is 0 Å². The van der Waals surface area contributed by atoms with E-state index in [2.05, 4.69) is 15.4 Å². The van der Waals surface area contributed by atoms with Gasteiger partial charge in [0.25, 0.3) is 5.91 Å². The predicted molar refractivity (Wildman–Crippen MR) is 130 cm³/mol. The van der Waals surface area contributed by atoms with Crippen molar-refractivity contribution in [2.45, 2.75) is 13.8 Å². The van der Waals surface area contributed by atoms with E-state index in [-0.39, 0.29) is 17.6 Å². The minimum Gasteiger partial charge on any atom is -0.325 e. The normalized spacial score (nSPS) is 14.7. The number of amides is 2. The summed E-state index contributed by atoms with van der Waals surface area (Å²) in [6.07, 6.45) is 5.19. The molecule has 1 aliphatic rings. The molecule has 1 aromatic heterocycles. The van der Waals surface area contributed by atoms with E-state index >= 15 is 0 Å². The Morgan fingerprint density at radius 2 is 1.94 bits per heavy atom. The molecule has 2 heterocycles. The number of anilines is 2. The molecule has 0 atom stereocenters. The Kier molecular flexibility index (Phi) is 6.23. The first-order chi connectivity index (χ1) is 15.4. The Morgan fingerprint density at radius 1 is 1.16 bits per heavy atom. The smallest absolute Gasteiger partial charge is 0.283 e. The topological polar surface area (TPSA) is 79.6 Å². The Hall–Kier alpha value is -3.65. The van der Waals surface area contributed by atoms with Gasteiger partial charge in [0, 0.05) is 24.5 Å². The van der Waals surface area contributed by atoms with E-state index in [9.17, 15) is 9.59 Å². The number of amidine groups is 1. The SMILES string of the molecule is Cc1ccc(C)c(NC(=O)CSC2=N/C(=C/c3cnn(C)c3)C(=O)N2c2ccccc2)c1. The second kappa shape index (κ2) is 9.23. The molecule has 2 aromatic carbocycles. The van der Waals surface area contributed by atoms with Crippen molar-refractivity contribution in [3.8, 4) is 0 Å². The van der Waals surface area contributed by atoms with Crippen molar-refractivity contribution in [1.29, 1.82) is 0 Å². The second-order valence-electron chi connectivity index (χ2n) is 7.50. The number of carbonyl (C=O) groups is 2. The summed E-state index contributed by atoms with van der Waals surface area (Å²) in [7, 11) is 1.81. The summed E-state index contributed by atoms with van der Waals surface area (Å²) in [5.41, 5.74) is 4.65. The molecule has 32 heavy (non-hydrogen) atoms. The van der Waals surface area contributed by atoms with Gasteiger partial charge in [0.2, 0.25) is 5.91 Å². The van der Waals surface area contributed by atoms with Crippen molar-refractivity contribution < 1.29 is 9.59 Å². The van der Waals surface area contributed by atoms with Crippen LogP contribution in [0.25, 0.3) is 6.08 Å². The number of hydrogen-bond acceptors (Lipinski definition) is 5. The summed E-state index contributed by atoms with van der Waals surface area (Å²) >= 11 is 1.23. The van der Waals surface area contributed by atoms with E-state index in [1.807, 2.05) is 75.6 Å². The Morgan fingerprint density at radius 3 is 2.66 bits per heavy atom. The molecular weight excluding hydrogens is 422 g/mol. The highest BCUT2D eigenvalue weighted by molar-refractivity contribution is 8.14. The van der Waals surface area contributed by atoms with Gasteiger partial charge in [-0.3, -0.25) is 19.2 Å². The standard InChI is InChI=1S/C24H23N5O2S/c1-16-9-10-17(2)20(11-16)26-22(30)15-32-24-27-21(12-18-13-25-28(3)14-18)23(31)29(24)19-7-5-4-6-8-19/h4-14H,15H2,1-3H3,(H,26,30)/b21-12+. The van der Waals surface area contributed by atoms with Crippen molar-refractivity contribution in [1.82, 2.24) is 9.78 Å². The highest BCUT2D eigenvalue weighted by atomic mass is 32.2. The zero-order valence-electron chi connectivity index (χ0n) is 18.1. The summed E-state index contributed by atoms with van der Waals surface area (Å²) in [6, 6.07) is 15.2. The maximum atomic E-state index is 13.1. The molecule has 7 nitrogen and oxygen atoms in total. The number of nitrogens with zero attached hydrogens (tertiary/aromatic N) is 4.